The normalized spacial score (nSPS) is 10.5. The number of para-hydroxylation sites is 1. The zero-order valence-corrected chi connectivity index (χ0v) is 11.8. The van der Waals surface area contributed by atoms with Crippen LogP contribution in [0.15, 0.2) is 36.0 Å². The molecule has 0 aliphatic carbocycles. The summed E-state index contributed by atoms with van der Waals surface area (Å²) in [6, 6.07) is 6.61. The summed E-state index contributed by atoms with van der Waals surface area (Å²) >= 11 is 1.33. The zero-order chi connectivity index (χ0) is 14.8. The molecule has 2 heterocycles. The molecule has 1 N–H and O–H groups in total. The lowest BCUT2D eigenvalue weighted by Gasteiger charge is -2.08. The van der Waals surface area contributed by atoms with Crippen molar-refractivity contribution >= 4 is 33.9 Å². The number of benzene rings is 1. The predicted molar refractivity (Wildman–Crippen MR) is 76.6 cm³/mol. The molecule has 8 heteroatoms. The van der Waals surface area contributed by atoms with Gasteiger partial charge in [0, 0.05) is 0 Å². The number of rotatable bonds is 3. The Kier molecular flexibility index (Phi) is 3.36. The Bertz CT molecular complexity index is 795. The number of carbonyl (C=O) groups excluding carboxylic acids is 2. The highest BCUT2D eigenvalue weighted by molar-refractivity contribution is 7.14. The lowest BCUT2D eigenvalue weighted by Crippen LogP contribution is -2.15. The molecule has 1 amide bonds. The number of hydrogen-bond acceptors (Lipinski definition) is 6. The van der Waals surface area contributed by atoms with E-state index in [1.54, 1.807) is 29.8 Å². The Balaban J connectivity index is 1.88. The second-order valence-corrected chi connectivity index (χ2v) is 4.89. The van der Waals surface area contributed by atoms with Crippen molar-refractivity contribution < 1.29 is 14.3 Å². The molecule has 3 aromatic rings. The summed E-state index contributed by atoms with van der Waals surface area (Å²) < 4.78 is 6.20. The quantitative estimate of drug-likeness (QED) is 0.746. The van der Waals surface area contributed by atoms with Crippen molar-refractivity contribution in [3.8, 4) is 0 Å². The van der Waals surface area contributed by atoms with Gasteiger partial charge in [-0.25, -0.2) is 14.3 Å². The fourth-order valence-electron chi connectivity index (χ4n) is 1.81. The Hall–Kier alpha value is -2.74. The molecule has 0 aliphatic rings. The number of methoxy groups -OCH3 is 1. The van der Waals surface area contributed by atoms with Gasteiger partial charge in [-0.1, -0.05) is 23.5 Å². The van der Waals surface area contributed by atoms with Gasteiger partial charge in [0.25, 0.3) is 5.91 Å². The maximum absolute atomic E-state index is 12.2. The minimum Gasteiger partial charge on any atom is -0.465 e. The van der Waals surface area contributed by atoms with E-state index in [0.29, 0.717) is 10.6 Å². The van der Waals surface area contributed by atoms with Crippen LogP contribution >= 0.6 is 11.3 Å². The fourth-order valence-corrected chi connectivity index (χ4v) is 2.42. The number of fused-ring (bicyclic) bond motifs is 1. The van der Waals surface area contributed by atoms with E-state index in [-0.39, 0.29) is 11.3 Å². The number of ether oxygens (including phenoxy) is 1. The molecular weight excluding hydrogens is 292 g/mol. The van der Waals surface area contributed by atoms with Gasteiger partial charge in [-0.2, -0.15) is 5.10 Å². The Morgan fingerprint density at radius 1 is 1.33 bits per heavy atom. The van der Waals surface area contributed by atoms with E-state index in [1.165, 1.54) is 29.2 Å². The van der Waals surface area contributed by atoms with Crippen molar-refractivity contribution in [3.05, 3.63) is 47.2 Å². The lowest BCUT2D eigenvalue weighted by molar-refractivity contribution is 0.0602. The third-order valence-electron chi connectivity index (χ3n) is 2.80. The van der Waals surface area contributed by atoms with Crippen LogP contribution in [0.5, 0.6) is 0 Å². The molecule has 21 heavy (non-hydrogen) atoms. The molecule has 0 unspecified atom stereocenters. The number of amides is 1. The van der Waals surface area contributed by atoms with Crippen molar-refractivity contribution in [1.29, 1.82) is 0 Å². The van der Waals surface area contributed by atoms with Crippen LogP contribution in [0.25, 0.3) is 4.96 Å². The van der Waals surface area contributed by atoms with Gasteiger partial charge < -0.3 is 10.1 Å². The summed E-state index contributed by atoms with van der Waals surface area (Å²) in [4.78, 5) is 28.6. The van der Waals surface area contributed by atoms with Crippen LogP contribution in [0.3, 0.4) is 0 Å². The van der Waals surface area contributed by atoms with Crippen LogP contribution in [0.4, 0.5) is 5.69 Å². The van der Waals surface area contributed by atoms with E-state index >= 15 is 0 Å². The highest BCUT2D eigenvalue weighted by Crippen LogP contribution is 2.17. The van der Waals surface area contributed by atoms with Gasteiger partial charge in [-0.05, 0) is 12.1 Å². The van der Waals surface area contributed by atoms with E-state index in [9.17, 15) is 9.59 Å². The molecule has 1 aromatic carbocycles. The molecule has 0 atom stereocenters. The topological polar surface area (TPSA) is 85.6 Å². The van der Waals surface area contributed by atoms with E-state index in [2.05, 4.69) is 20.1 Å². The molecule has 0 aliphatic heterocycles. The molecule has 0 fully saturated rings. The lowest BCUT2D eigenvalue weighted by atomic mass is 10.2. The molecule has 7 nitrogen and oxygen atoms in total. The molecule has 0 saturated heterocycles. The highest BCUT2D eigenvalue weighted by atomic mass is 32.1. The summed E-state index contributed by atoms with van der Waals surface area (Å²) in [6.07, 6.45) is 1.53. The average molecular weight is 302 g/mol. The third-order valence-corrected chi connectivity index (χ3v) is 3.49. The van der Waals surface area contributed by atoms with Crippen molar-refractivity contribution in [2.24, 2.45) is 0 Å². The van der Waals surface area contributed by atoms with Gasteiger partial charge in [0.15, 0.2) is 0 Å². The summed E-state index contributed by atoms with van der Waals surface area (Å²) in [7, 11) is 1.29. The predicted octanol–water partition coefficient (Wildman–Crippen LogP) is 1.83. The summed E-state index contributed by atoms with van der Waals surface area (Å²) in [6.45, 7) is 0. The molecule has 0 bridgehead atoms. The number of imidazole rings is 1. The summed E-state index contributed by atoms with van der Waals surface area (Å²) in [5.41, 5.74) is 2.52. The number of nitrogens with one attached hydrogen (secondary N) is 1. The maximum Gasteiger partial charge on any atom is 0.339 e. The van der Waals surface area contributed by atoms with E-state index in [0.717, 1.165) is 0 Å². The fraction of sp³-hybridized carbons (Fsp3) is 0.0769. The van der Waals surface area contributed by atoms with Crippen molar-refractivity contribution in [3.63, 3.8) is 0 Å². The molecule has 2 aromatic heterocycles. The monoisotopic (exact) mass is 302 g/mol. The number of hydrogen-bond donors (Lipinski definition) is 1. The number of esters is 1. The Morgan fingerprint density at radius 3 is 2.90 bits per heavy atom. The molecule has 0 radical (unpaired) electrons. The maximum atomic E-state index is 12.2. The van der Waals surface area contributed by atoms with Crippen LogP contribution in [0, 0.1) is 0 Å². The van der Waals surface area contributed by atoms with Crippen LogP contribution in [0.2, 0.25) is 0 Å². The second-order valence-electron chi connectivity index (χ2n) is 4.08. The minimum absolute atomic E-state index is 0.231. The first-order valence-corrected chi connectivity index (χ1v) is 6.84. The number of carbonyl (C=O) groups is 2. The van der Waals surface area contributed by atoms with Crippen LogP contribution in [-0.4, -0.2) is 33.6 Å². The van der Waals surface area contributed by atoms with E-state index < -0.39 is 11.9 Å². The van der Waals surface area contributed by atoms with Crippen LogP contribution in [-0.2, 0) is 4.74 Å². The highest BCUT2D eigenvalue weighted by Gasteiger charge is 2.16. The van der Waals surface area contributed by atoms with Gasteiger partial charge in [0.1, 0.15) is 11.2 Å². The van der Waals surface area contributed by atoms with Gasteiger partial charge in [0.2, 0.25) is 4.96 Å². The summed E-state index contributed by atoms with van der Waals surface area (Å²) in [5, 5.41) is 6.66. The van der Waals surface area contributed by atoms with E-state index in [1.807, 2.05) is 0 Å². The SMILES string of the molecule is COC(=O)c1ccccc1NC(=O)c1cn2ncsc2n1. The Labute approximate surface area is 123 Å². The second kappa shape index (κ2) is 5.33. The number of nitrogens with zero attached hydrogens (tertiary/aromatic N) is 3. The third kappa shape index (κ3) is 2.48. The smallest absolute Gasteiger partial charge is 0.339 e. The standard InChI is InChI=1S/C13H10N4O3S/c1-20-12(19)8-4-2-3-5-9(8)15-11(18)10-6-17-13(16-10)21-7-14-17/h2-7H,1H3,(H,15,18). The largest absolute Gasteiger partial charge is 0.465 e. The van der Waals surface area contributed by atoms with Crippen molar-refractivity contribution in [2.75, 3.05) is 12.4 Å². The molecule has 3 rings (SSSR count). The summed E-state index contributed by atoms with van der Waals surface area (Å²) in [5.74, 6) is -0.928. The molecular formula is C13H10N4O3S. The van der Waals surface area contributed by atoms with Gasteiger partial charge in [-0.3, -0.25) is 4.79 Å². The number of aromatic nitrogens is 3. The first kappa shape index (κ1) is 13.3. The van der Waals surface area contributed by atoms with Gasteiger partial charge in [0.05, 0.1) is 24.6 Å². The van der Waals surface area contributed by atoms with Gasteiger partial charge in [-0.15, -0.1) is 0 Å². The van der Waals surface area contributed by atoms with Gasteiger partial charge >= 0.3 is 5.97 Å². The van der Waals surface area contributed by atoms with Crippen molar-refractivity contribution in [1.82, 2.24) is 14.6 Å². The van der Waals surface area contributed by atoms with Crippen LogP contribution in [0.1, 0.15) is 20.8 Å². The Morgan fingerprint density at radius 2 is 2.14 bits per heavy atom. The van der Waals surface area contributed by atoms with Crippen LogP contribution < -0.4 is 5.32 Å². The number of anilines is 1. The average Bonchev–Trinajstić information content (AvgIpc) is 3.08. The molecule has 0 saturated carbocycles. The zero-order valence-electron chi connectivity index (χ0n) is 10.9. The van der Waals surface area contributed by atoms with Crippen molar-refractivity contribution in [2.45, 2.75) is 0 Å². The first-order valence-electron chi connectivity index (χ1n) is 5.96. The van der Waals surface area contributed by atoms with E-state index in [4.69, 9.17) is 0 Å². The molecule has 106 valence electrons. The first-order chi connectivity index (χ1) is 10.2. The molecule has 0 spiro atoms. The minimum atomic E-state index is -0.515.